The smallest absolute Gasteiger partial charge is 0.0353 e. The van der Waals surface area contributed by atoms with Gasteiger partial charge in [-0.15, -0.1) is 0 Å². The van der Waals surface area contributed by atoms with E-state index in [1.165, 1.54) is 18.5 Å². The molecule has 0 radical (unpaired) electrons. The predicted molar refractivity (Wildman–Crippen MR) is 62.1 cm³/mol. The molecule has 0 aliphatic heterocycles. The molecule has 1 aromatic carbocycles. The lowest BCUT2D eigenvalue weighted by Crippen LogP contribution is -2.16. The molecular formula is C11H16BrN. The molecule has 0 saturated heterocycles. The Hall–Kier alpha value is -0.500. The summed E-state index contributed by atoms with van der Waals surface area (Å²) in [7, 11) is 0. The lowest BCUT2D eigenvalue weighted by atomic mass is 10.1. The molecule has 0 bridgehead atoms. The fraction of sp³-hybridized carbons (Fsp3) is 0.455. The van der Waals surface area contributed by atoms with Crippen LogP contribution in [-0.4, -0.2) is 6.04 Å². The van der Waals surface area contributed by atoms with Crippen LogP contribution in [0.1, 0.15) is 26.7 Å². The summed E-state index contributed by atoms with van der Waals surface area (Å²) in [6.45, 7) is 4.41. The average molecular weight is 242 g/mol. The van der Waals surface area contributed by atoms with Crippen molar-refractivity contribution < 1.29 is 0 Å². The van der Waals surface area contributed by atoms with Crippen LogP contribution in [0.5, 0.6) is 0 Å². The normalized spacial score (nSPS) is 10.5. The Bertz CT molecular complexity index is 256. The van der Waals surface area contributed by atoms with Gasteiger partial charge in [-0.25, -0.2) is 0 Å². The number of nitrogens with one attached hydrogen (secondary N) is 1. The zero-order chi connectivity index (χ0) is 9.68. The molecule has 0 heterocycles. The number of hydrogen-bond acceptors (Lipinski definition) is 1. The van der Waals surface area contributed by atoms with E-state index in [1.807, 2.05) is 6.07 Å². The highest BCUT2D eigenvalue weighted by Gasteiger charge is 2.02. The maximum Gasteiger partial charge on any atom is 0.0353 e. The quantitative estimate of drug-likeness (QED) is 0.839. The molecule has 0 fully saturated rings. The van der Waals surface area contributed by atoms with Gasteiger partial charge in [0.1, 0.15) is 0 Å². The first-order chi connectivity index (χ1) is 6.26. The van der Waals surface area contributed by atoms with E-state index in [0.717, 1.165) is 4.47 Å². The molecule has 1 nitrogen and oxygen atoms in total. The zero-order valence-corrected chi connectivity index (χ0v) is 9.76. The van der Waals surface area contributed by atoms with Gasteiger partial charge in [-0.1, -0.05) is 35.8 Å². The molecule has 0 saturated carbocycles. The fourth-order valence-electron chi connectivity index (χ4n) is 1.31. The highest BCUT2D eigenvalue weighted by Crippen LogP contribution is 2.17. The lowest BCUT2D eigenvalue weighted by molar-refractivity contribution is 0.672. The van der Waals surface area contributed by atoms with Crippen molar-refractivity contribution in [3.05, 3.63) is 28.7 Å². The van der Waals surface area contributed by atoms with Gasteiger partial charge >= 0.3 is 0 Å². The molecule has 1 aromatic rings. The second-order valence-electron chi connectivity index (χ2n) is 3.17. The summed E-state index contributed by atoms with van der Waals surface area (Å²) < 4.78 is 1.13. The van der Waals surface area contributed by atoms with Crippen LogP contribution in [0.15, 0.2) is 28.7 Å². The number of anilines is 1. The largest absolute Gasteiger partial charge is 0.382 e. The average Bonchev–Trinajstić information content (AvgIpc) is 2.14. The molecule has 0 aromatic heterocycles. The van der Waals surface area contributed by atoms with Crippen molar-refractivity contribution in [2.24, 2.45) is 0 Å². The molecule has 13 heavy (non-hydrogen) atoms. The van der Waals surface area contributed by atoms with Gasteiger partial charge in [0, 0.05) is 16.2 Å². The van der Waals surface area contributed by atoms with E-state index in [2.05, 4.69) is 53.3 Å². The topological polar surface area (TPSA) is 12.0 Å². The Morgan fingerprint density at radius 1 is 1.31 bits per heavy atom. The Morgan fingerprint density at radius 3 is 2.54 bits per heavy atom. The van der Waals surface area contributed by atoms with Gasteiger partial charge in [0.05, 0.1) is 0 Å². The van der Waals surface area contributed by atoms with Gasteiger partial charge in [0.15, 0.2) is 0 Å². The van der Waals surface area contributed by atoms with Gasteiger partial charge < -0.3 is 5.32 Å². The third-order valence-electron chi connectivity index (χ3n) is 2.18. The number of halogens is 1. The van der Waals surface area contributed by atoms with Gasteiger partial charge in [-0.2, -0.15) is 0 Å². The second-order valence-corrected chi connectivity index (χ2v) is 4.08. The van der Waals surface area contributed by atoms with E-state index in [-0.39, 0.29) is 0 Å². The third kappa shape index (κ3) is 3.39. The molecule has 2 heteroatoms. The standard InChI is InChI=1S/C11H16BrN/c1-3-10(4-2)13-11-7-5-6-9(12)8-11/h5-8,10,13H,3-4H2,1-2H3. The van der Waals surface area contributed by atoms with Crippen molar-refractivity contribution >= 4 is 21.6 Å². The summed E-state index contributed by atoms with van der Waals surface area (Å²) >= 11 is 3.46. The van der Waals surface area contributed by atoms with Crippen molar-refractivity contribution in [1.29, 1.82) is 0 Å². The lowest BCUT2D eigenvalue weighted by Gasteiger charge is -2.16. The van der Waals surface area contributed by atoms with Crippen molar-refractivity contribution in [1.82, 2.24) is 0 Å². The van der Waals surface area contributed by atoms with Crippen molar-refractivity contribution in [2.45, 2.75) is 32.7 Å². The van der Waals surface area contributed by atoms with Crippen LogP contribution >= 0.6 is 15.9 Å². The maximum atomic E-state index is 3.49. The van der Waals surface area contributed by atoms with E-state index in [1.54, 1.807) is 0 Å². The van der Waals surface area contributed by atoms with E-state index >= 15 is 0 Å². The molecule has 72 valence electrons. The first kappa shape index (κ1) is 10.6. The first-order valence-corrected chi connectivity index (χ1v) is 5.57. The minimum atomic E-state index is 0.592. The Labute approximate surface area is 88.7 Å². The van der Waals surface area contributed by atoms with Gasteiger partial charge in [-0.3, -0.25) is 0 Å². The summed E-state index contributed by atoms with van der Waals surface area (Å²) in [4.78, 5) is 0. The van der Waals surface area contributed by atoms with Crippen LogP contribution in [-0.2, 0) is 0 Å². The van der Waals surface area contributed by atoms with E-state index in [4.69, 9.17) is 0 Å². The molecular weight excluding hydrogens is 226 g/mol. The Kier molecular flexibility index (Phi) is 4.29. The highest BCUT2D eigenvalue weighted by molar-refractivity contribution is 9.10. The Balaban J connectivity index is 2.62. The highest BCUT2D eigenvalue weighted by atomic mass is 79.9. The van der Waals surface area contributed by atoms with Crippen LogP contribution in [0, 0.1) is 0 Å². The monoisotopic (exact) mass is 241 g/mol. The fourth-order valence-corrected chi connectivity index (χ4v) is 1.71. The molecule has 0 amide bonds. The van der Waals surface area contributed by atoms with Crippen LogP contribution in [0.2, 0.25) is 0 Å². The van der Waals surface area contributed by atoms with Crippen LogP contribution < -0.4 is 5.32 Å². The van der Waals surface area contributed by atoms with Crippen molar-refractivity contribution in [3.8, 4) is 0 Å². The number of hydrogen-bond donors (Lipinski definition) is 1. The second kappa shape index (κ2) is 5.28. The van der Waals surface area contributed by atoms with Crippen LogP contribution in [0.25, 0.3) is 0 Å². The van der Waals surface area contributed by atoms with E-state index < -0.39 is 0 Å². The number of rotatable bonds is 4. The number of benzene rings is 1. The molecule has 1 rings (SSSR count). The SMILES string of the molecule is CCC(CC)Nc1cccc(Br)c1. The summed E-state index contributed by atoms with van der Waals surface area (Å²) in [5, 5.41) is 3.49. The maximum absolute atomic E-state index is 3.49. The van der Waals surface area contributed by atoms with E-state index in [0.29, 0.717) is 6.04 Å². The predicted octanol–water partition coefficient (Wildman–Crippen LogP) is 4.05. The van der Waals surface area contributed by atoms with Crippen molar-refractivity contribution in [2.75, 3.05) is 5.32 Å². The summed E-state index contributed by atoms with van der Waals surface area (Å²) in [6, 6.07) is 8.89. The minimum absolute atomic E-state index is 0.592. The van der Waals surface area contributed by atoms with Gasteiger partial charge in [-0.05, 0) is 31.0 Å². The zero-order valence-electron chi connectivity index (χ0n) is 8.18. The summed E-state index contributed by atoms with van der Waals surface area (Å²) in [5.74, 6) is 0. The summed E-state index contributed by atoms with van der Waals surface area (Å²) in [6.07, 6.45) is 2.34. The Morgan fingerprint density at radius 2 is 2.00 bits per heavy atom. The molecule has 0 spiro atoms. The van der Waals surface area contributed by atoms with E-state index in [9.17, 15) is 0 Å². The van der Waals surface area contributed by atoms with Crippen molar-refractivity contribution in [3.63, 3.8) is 0 Å². The summed E-state index contributed by atoms with van der Waals surface area (Å²) in [5.41, 5.74) is 1.20. The third-order valence-corrected chi connectivity index (χ3v) is 2.67. The van der Waals surface area contributed by atoms with Crippen LogP contribution in [0.4, 0.5) is 5.69 Å². The molecule has 1 N–H and O–H groups in total. The first-order valence-electron chi connectivity index (χ1n) is 4.78. The van der Waals surface area contributed by atoms with Crippen LogP contribution in [0.3, 0.4) is 0 Å². The molecule has 0 aliphatic carbocycles. The molecule has 0 atom stereocenters. The molecule has 0 aliphatic rings. The van der Waals surface area contributed by atoms with Gasteiger partial charge in [0.25, 0.3) is 0 Å². The minimum Gasteiger partial charge on any atom is -0.382 e. The molecule has 0 unspecified atom stereocenters. The van der Waals surface area contributed by atoms with Gasteiger partial charge in [0.2, 0.25) is 0 Å².